The van der Waals surface area contributed by atoms with Crippen LogP contribution < -0.4 is 0 Å². The number of carbonyl (C=O) groups is 2. The summed E-state index contributed by atoms with van der Waals surface area (Å²) in [5.41, 5.74) is -0.595. The molecule has 0 bridgehead atoms. The summed E-state index contributed by atoms with van der Waals surface area (Å²) in [7, 11) is 0. The van der Waals surface area contributed by atoms with E-state index >= 15 is 0 Å². The number of ketones is 1. The number of halogens is 1. The quantitative estimate of drug-likeness (QED) is 0.426. The number of Topliss-reactive ketones (excluding diaryl/α,β-unsaturated/α-hetero) is 1. The predicted molar refractivity (Wildman–Crippen MR) is 62.8 cm³/mol. The van der Waals surface area contributed by atoms with Crippen LogP contribution in [0.2, 0.25) is 0 Å². The van der Waals surface area contributed by atoms with Gasteiger partial charge in [0.15, 0.2) is 5.78 Å². The summed E-state index contributed by atoms with van der Waals surface area (Å²) in [6, 6.07) is 0. The van der Waals surface area contributed by atoms with E-state index in [1.165, 1.54) is 11.8 Å². The van der Waals surface area contributed by atoms with Crippen LogP contribution in [0.5, 0.6) is 0 Å². The number of unbranched alkanes of at least 4 members (excludes halogenated alkanes) is 1. The molecule has 14 heavy (non-hydrogen) atoms. The van der Waals surface area contributed by atoms with Crippen molar-refractivity contribution in [2.45, 2.75) is 32.6 Å². The maximum atomic E-state index is 11.7. The Morgan fingerprint density at radius 2 is 2.07 bits per heavy atom. The monoisotopic (exact) mass is 278 g/mol. The molecule has 1 saturated carbocycles. The highest BCUT2D eigenvalue weighted by molar-refractivity contribution is 9.09. The van der Waals surface area contributed by atoms with Gasteiger partial charge < -0.3 is 0 Å². The van der Waals surface area contributed by atoms with Gasteiger partial charge in [-0.25, -0.2) is 0 Å². The fourth-order valence-electron chi connectivity index (χ4n) is 1.30. The first kappa shape index (κ1) is 12.2. The van der Waals surface area contributed by atoms with Crippen molar-refractivity contribution in [3.63, 3.8) is 0 Å². The van der Waals surface area contributed by atoms with Crippen LogP contribution in [0.1, 0.15) is 32.6 Å². The zero-order valence-corrected chi connectivity index (χ0v) is 10.7. The molecule has 80 valence electrons. The Labute approximate surface area is 97.3 Å². The van der Waals surface area contributed by atoms with Crippen LogP contribution in [0.3, 0.4) is 0 Å². The van der Waals surface area contributed by atoms with Crippen molar-refractivity contribution in [2.24, 2.45) is 5.41 Å². The van der Waals surface area contributed by atoms with Crippen molar-refractivity contribution in [1.29, 1.82) is 0 Å². The fourth-order valence-corrected chi connectivity index (χ4v) is 3.05. The summed E-state index contributed by atoms with van der Waals surface area (Å²) in [4.78, 5) is 23.2. The number of thioether (sulfide) groups is 1. The van der Waals surface area contributed by atoms with E-state index in [1.807, 2.05) is 0 Å². The first-order valence-corrected chi connectivity index (χ1v) is 7.04. The van der Waals surface area contributed by atoms with Gasteiger partial charge in [-0.1, -0.05) is 41.0 Å². The number of alkyl halides is 1. The molecular formula is C10H15BrO2S. The SMILES string of the molecule is CCCCSC(=O)C1(C(=O)CBr)CC1. The van der Waals surface area contributed by atoms with Gasteiger partial charge in [0.1, 0.15) is 0 Å². The Balaban J connectivity index is 2.40. The van der Waals surface area contributed by atoms with Crippen molar-refractivity contribution in [1.82, 2.24) is 0 Å². The molecule has 1 aliphatic rings. The van der Waals surface area contributed by atoms with Gasteiger partial charge >= 0.3 is 0 Å². The Kier molecular flexibility index (Phi) is 4.64. The zero-order valence-electron chi connectivity index (χ0n) is 8.35. The molecule has 0 aromatic heterocycles. The van der Waals surface area contributed by atoms with Gasteiger partial charge in [0.25, 0.3) is 0 Å². The van der Waals surface area contributed by atoms with E-state index in [2.05, 4.69) is 22.9 Å². The Morgan fingerprint density at radius 1 is 1.43 bits per heavy atom. The van der Waals surface area contributed by atoms with Gasteiger partial charge in [0.2, 0.25) is 5.12 Å². The second-order valence-electron chi connectivity index (χ2n) is 3.63. The molecule has 0 spiro atoms. The Morgan fingerprint density at radius 3 is 2.50 bits per heavy atom. The average molecular weight is 279 g/mol. The molecule has 0 aromatic carbocycles. The molecule has 0 radical (unpaired) electrons. The lowest BCUT2D eigenvalue weighted by atomic mass is 10.1. The van der Waals surface area contributed by atoms with Crippen LogP contribution in [0.4, 0.5) is 0 Å². The van der Waals surface area contributed by atoms with Crippen LogP contribution >= 0.6 is 27.7 Å². The van der Waals surface area contributed by atoms with Gasteiger partial charge in [0.05, 0.1) is 10.7 Å². The van der Waals surface area contributed by atoms with E-state index in [0.717, 1.165) is 31.4 Å². The predicted octanol–water partition coefficient (Wildman–Crippen LogP) is 2.79. The summed E-state index contributed by atoms with van der Waals surface area (Å²) >= 11 is 4.46. The third-order valence-electron chi connectivity index (χ3n) is 2.53. The van der Waals surface area contributed by atoms with Crippen molar-refractivity contribution in [3.05, 3.63) is 0 Å². The average Bonchev–Trinajstić information content (AvgIpc) is 2.98. The topological polar surface area (TPSA) is 34.1 Å². The van der Waals surface area contributed by atoms with Crippen LogP contribution in [0.25, 0.3) is 0 Å². The van der Waals surface area contributed by atoms with Gasteiger partial charge in [-0.05, 0) is 19.3 Å². The maximum Gasteiger partial charge on any atom is 0.202 e. The fraction of sp³-hybridized carbons (Fsp3) is 0.800. The molecular weight excluding hydrogens is 264 g/mol. The molecule has 4 heteroatoms. The summed E-state index contributed by atoms with van der Waals surface area (Å²) in [5, 5.41) is 0.406. The standard InChI is InChI=1S/C10H15BrO2S/c1-2-3-6-14-9(13)10(4-5-10)8(12)7-11/h2-7H2,1H3. The van der Waals surface area contributed by atoms with E-state index in [0.29, 0.717) is 5.33 Å². The highest BCUT2D eigenvalue weighted by Gasteiger charge is 2.54. The second kappa shape index (κ2) is 5.31. The Bertz CT molecular complexity index is 236. The zero-order chi connectivity index (χ0) is 10.6. The third-order valence-corrected chi connectivity index (χ3v) is 4.18. The van der Waals surface area contributed by atoms with Crippen LogP contribution in [-0.4, -0.2) is 22.0 Å². The van der Waals surface area contributed by atoms with Crippen molar-refractivity contribution >= 4 is 38.6 Å². The Hall–Kier alpha value is 0.170. The lowest BCUT2D eigenvalue weighted by Crippen LogP contribution is -2.24. The van der Waals surface area contributed by atoms with Gasteiger partial charge in [-0.15, -0.1) is 0 Å². The lowest BCUT2D eigenvalue weighted by molar-refractivity contribution is -0.128. The molecule has 2 nitrogen and oxygen atoms in total. The van der Waals surface area contributed by atoms with E-state index in [4.69, 9.17) is 0 Å². The third kappa shape index (κ3) is 2.60. The number of hydrogen-bond donors (Lipinski definition) is 0. The molecule has 0 saturated heterocycles. The minimum Gasteiger partial charge on any atom is -0.298 e. The molecule has 0 aliphatic heterocycles. The van der Waals surface area contributed by atoms with E-state index < -0.39 is 5.41 Å². The molecule has 0 aromatic rings. The van der Waals surface area contributed by atoms with Crippen LogP contribution in [0, 0.1) is 5.41 Å². The highest BCUT2D eigenvalue weighted by atomic mass is 79.9. The summed E-state index contributed by atoms with van der Waals surface area (Å²) in [5.74, 6) is 0.915. The second-order valence-corrected chi connectivity index (χ2v) is 5.26. The van der Waals surface area contributed by atoms with Crippen molar-refractivity contribution in [3.8, 4) is 0 Å². The summed E-state index contributed by atoms with van der Waals surface area (Å²) in [6.07, 6.45) is 3.67. The largest absolute Gasteiger partial charge is 0.298 e. The van der Waals surface area contributed by atoms with Crippen molar-refractivity contribution in [2.75, 3.05) is 11.1 Å². The number of hydrogen-bond acceptors (Lipinski definition) is 3. The molecule has 0 heterocycles. The maximum absolute atomic E-state index is 11.7. The molecule has 0 amide bonds. The van der Waals surface area contributed by atoms with Gasteiger partial charge in [0, 0.05) is 5.75 Å². The first-order valence-electron chi connectivity index (χ1n) is 4.94. The molecule has 1 fully saturated rings. The van der Waals surface area contributed by atoms with Crippen LogP contribution in [-0.2, 0) is 9.59 Å². The first-order chi connectivity index (χ1) is 6.67. The molecule has 1 aliphatic carbocycles. The lowest BCUT2D eigenvalue weighted by Gasteiger charge is -2.09. The normalized spacial score (nSPS) is 17.9. The minimum atomic E-state index is -0.595. The molecule has 0 N–H and O–H groups in total. The van der Waals surface area contributed by atoms with E-state index in [9.17, 15) is 9.59 Å². The molecule has 0 atom stereocenters. The van der Waals surface area contributed by atoms with E-state index in [1.54, 1.807) is 0 Å². The highest BCUT2D eigenvalue weighted by Crippen LogP contribution is 2.50. The summed E-state index contributed by atoms with van der Waals surface area (Å²) < 4.78 is 0. The molecule has 1 rings (SSSR count). The number of carbonyl (C=O) groups excluding carboxylic acids is 2. The minimum absolute atomic E-state index is 0.0616. The summed E-state index contributed by atoms with van der Waals surface area (Å²) in [6.45, 7) is 2.10. The number of rotatable bonds is 6. The van der Waals surface area contributed by atoms with Crippen molar-refractivity contribution < 1.29 is 9.59 Å². The smallest absolute Gasteiger partial charge is 0.202 e. The molecule has 0 unspecified atom stereocenters. The van der Waals surface area contributed by atoms with E-state index in [-0.39, 0.29) is 10.9 Å². The van der Waals surface area contributed by atoms with Crippen LogP contribution in [0.15, 0.2) is 0 Å². The van der Waals surface area contributed by atoms with Gasteiger partial charge in [-0.2, -0.15) is 0 Å². The van der Waals surface area contributed by atoms with Gasteiger partial charge in [-0.3, -0.25) is 9.59 Å².